The Balaban J connectivity index is 1.48. The van der Waals surface area contributed by atoms with Crippen LogP contribution in [0.5, 0.6) is 0 Å². The van der Waals surface area contributed by atoms with Crippen LogP contribution in [0.3, 0.4) is 0 Å². The lowest BCUT2D eigenvalue weighted by Crippen LogP contribution is -2.14. The number of fused-ring (bicyclic) bond motifs is 1. The van der Waals surface area contributed by atoms with Crippen LogP contribution in [-0.2, 0) is 4.79 Å². The second kappa shape index (κ2) is 7.45. The Kier molecular flexibility index (Phi) is 4.87. The van der Waals surface area contributed by atoms with Crippen molar-refractivity contribution in [3.8, 4) is 10.6 Å². The molecule has 3 aromatic heterocycles. The summed E-state index contributed by atoms with van der Waals surface area (Å²) >= 11 is 8.82. The van der Waals surface area contributed by atoms with Gasteiger partial charge in [-0.15, -0.1) is 21.5 Å². The minimum Gasteiger partial charge on any atom is -0.325 e. The van der Waals surface area contributed by atoms with Gasteiger partial charge in [-0.3, -0.25) is 4.79 Å². The van der Waals surface area contributed by atoms with Gasteiger partial charge in [-0.2, -0.15) is 9.61 Å². The number of halogens is 1. The fourth-order valence-electron chi connectivity index (χ4n) is 2.31. The summed E-state index contributed by atoms with van der Waals surface area (Å²) in [5.41, 5.74) is 2.15. The molecule has 0 fully saturated rings. The fraction of sp³-hybridized carbons (Fsp3) is 0.0588. The maximum atomic E-state index is 12.2. The highest BCUT2D eigenvalue weighted by Crippen LogP contribution is 2.24. The standard InChI is InChI=1S/C17H12ClN5OS2/c18-11-3-1-4-12(9-11)19-16(24)10-26-17-21-20-15-7-6-13(22-23(15)17)14-5-2-8-25-14/h1-9H,10H2,(H,19,24). The number of aromatic nitrogens is 4. The van der Waals surface area contributed by atoms with Gasteiger partial charge in [-0.25, -0.2) is 0 Å². The third-order valence-corrected chi connectivity index (χ3v) is 5.50. The van der Waals surface area contributed by atoms with E-state index < -0.39 is 0 Å². The smallest absolute Gasteiger partial charge is 0.234 e. The van der Waals surface area contributed by atoms with Crippen molar-refractivity contribution in [3.63, 3.8) is 0 Å². The molecule has 1 aromatic carbocycles. The van der Waals surface area contributed by atoms with Crippen LogP contribution in [0.15, 0.2) is 59.1 Å². The number of thiophene rings is 1. The van der Waals surface area contributed by atoms with Crippen LogP contribution >= 0.6 is 34.7 Å². The Labute approximate surface area is 162 Å². The minimum atomic E-state index is -0.150. The molecule has 0 bridgehead atoms. The zero-order valence-corrected chi connectivity index (χ0v) is 15.7. The zero-order valence-electron chi connectivity index (χ0n) is 13.3. The third kappa shape index (κ3) is 3.72. The second-order valence-electron chi connectivity index (χ2n) is 5.30. The summed E-state index contributed by atoms with van der Waals surface area (Å²) in [7, 11) is 0. The van der Waals surface area contributed by atoms with Gasteiger partial charge < -0.3 is 5.32 Å². The maximum absolute atomic E-state index is 12.2. The van der Waals surface area contributed by atoms with Gasteiger partial charge in [0, 0.05) is 10.7 Å². The molecule has 0 radical (unpaired) electrons. The number of carbonyl (C=O) groups is 1. The molecule has 0 unspecified atom stereocenters. The Morgan fingerprint density at radius 3 is 2.92 bits per heavy atom. The van der Waals surface area contributed by atoms with Gasteiger partial charge in [0.15, 0.2) is 5.65 Å². The van der Waals surface area contributed by atoms with Crippen molar-refractivity contribution >= 4 is 51.9 Å². The average Bonchev–Trinajstić information content (AvgIpc) is 3.29. The number of carbonyl (C=O) groups excluding carboxylic acids is 1. The molecule has 6 nitrogen and oxygen atoms in total. The van der Waals surface area contributed by atoms with E-state index in [-0.39, 0.29) is 11.7 Å². The van der Waals surface area contributed by atoms with Crippen molar-refractivity contribution in [1.29, 1.82) is 0 Å². The molecule has 0 atom stereocenters. The molecule has 9 heteroatoms. The van der Waals surface area contributed by atoms with Crippen LogP contribution in [-0.4, -0.2) is 31.5 Å². The van der Waals surface area contributed by atoms with Crippen molar-refractivity contribution in [2.75, 3.05) is 11.1 Å². The van der Waals surface area contributed by atoms with Crippen molar-refractivity contribution in [3.05, 3.63) is 58.9 Å². The van der Waals surface area contributed by atoms with Crippen LogP contribution in [0.25, 0.3) is 16.2 Å². The molecule has 0 saturated heterocycles. The molecule has 26 heavy (non-hydrogen) atoms. The molecule has 3 heterocycles. The first kappa shape index (κ1) is 17.0. The number of thioether (sulfide) groups is 1. The van der Waals surface area contributed by atoms with E-state index in [0.717, 1.165) is 10.6 Å². The molecule has 0 aliphatic rings. The summed E-state index contributed by atoms with van der Waals surface area (Å²) in [6.45, 7) is 0. The highest BCUT2D eigenvalue weighted by molar-refractivity contribution is 7.99. The van der Waals surface area contributed by atoms with E-state index >= 15 is 0 Å². The summed E-state index contributed by atoms with van der Waals surface area (Å²) in [4.78, 5) is 13.2. The van der Waals surface area contributed by atoms with E-state index in [9.17, 15) is 4.79 Å². The molecule has 0 aliphatic heterocycles. The number of hydrogen-bond donors (Lipinski definition) is 1. The van der Waals surface area contributed by atoms with E-state index in [1.54, 1.807) is 40.1 Å². The van der Waals surface area contributed by atoms with E-state index in [0.29, 0.717) is 21.5 Å². The average molecular weight is 402 g/mol. The molecule has 0 spiro atoms. The molecule has 0 saturated carbocycles. The van der Waals surface area contributed by atoms with Gasteiger partial charge in [0.1, 0.15) is 5.69 Å². The molecule has 4 rings (SSSR count). The molecule has 1 N–H and O–H groups in total. The zero-order chi connectivity index (χ0) is 17.9. The summed E-state index contributed by atoms with van der Waals surface area (Å²) in [6, 6.07) is 14.8. The van der Waals surface area contributed by atoms with Crippen molar-refractivity contribution in [1.82, 2.24) is 19.8 Å². The quantitative estimate of drug-likeness (QED) is 0.506. The van der Waals surface area contributed by atoms with Crippen molar-refractivity contribution in [2.45, 2.75) is 5.16 Å². The summed E-state index contributed by atoms with van der Waals surface area (Å²) in [5, 5.41) is 18.8. The molecule has 130 valence electrons. The topological polar surface area (TPSA) is 72.2 Å². The van der Waals surface area contributed by atoms with Gasteiger partial charge in [-0.05, 0) is 41.8 Å². The van der Waals surface area contributed by atoms with E-state index in [1.807, 2.05) is 29.6 Å². The maximum Gasteiger partial charge on any atom is 0.234 e. The summed E-state index contributed by atoms with van der Waals surface area (Å²) in [6.07, 6.45) is 0. The van der Waals surface area contributed by atoms with Crippen molar-refractivity contribution in [2.24, 2.45) is 0 Å². The number of benzene rings is 1. The number of anilines is 1. The number of rotatable bonds is 5. The Hall–Kier alpha value is -2.42. The molecular formula is C17H12ClN5OS2. The summed E-state index contributed by atoms with van der Waals surface area (Å²) < 4.78 is 1.66. The number of hydrogen-bond acceptors (Lipinski definition) is 6. The summed E-state index contributed by atoms with van der Waals surface area (Å²) in [5.74, 6) is 0.0431. The van der Waals surface area contributed by atoms with Gasteiger partial charge >= 0.3 is 0 Å². The van der Waals surface area contributed by atoms with E-state index in [1.165, 1.54) is 11.8 Å². The first-order valence-electron chi connectivity index (χ1n) is 7.63. The van der Waals surface area contributed by atoms with Crippen LogP contribution in [0, 0.1) is 0 Å². The lowest BCUT2D eigenvalue weighted by molar-refractivity contribution is -0.113. The lowest BCUT2D eigenvalue weighted by atomic mass is 10.3. The first-order chi connectivity index (χ1) is 12.7. The van der Waals surface area contributed by atoms with Gasteiger partial charge in [-0.1, -0.05) is 35.5 Å². The van der Waals surface area contributed by atoms with Gasteiger partial charge in [0.25, 0.3) is 0 Å². The van der Waals surface area contributed by atoms with Gasteiger partial charge in [0.2, 0.25) is 11.1 Å². The van der Waals surface area contributed by atoms with E-state index in [4.69, 9.17) is 11.6 Å². The number of nitrogens with one attached hydrogen (secondary N) is 1. The van der Waals surface area contributed by atoms with Crippen LogP contribution < -0.4 is 5.32 Å². The highest BCUT2D eigenvalue weighted by atomic mass is 35.5. The monoisotopic (exact) mass is 401 g/mol. The van der Waals surface area contributed by atoms with Crippen LogP contribution in [0.4, 0.5) is 5.69 Å². The molecular weight excluding hydrogens is 390 g/mol. The largest absolute Gasteiger partial charge is 0.325 e. The predicted octanol–water partition coefficient (Wildman–Crippen LogP) is 4.24. The molecule has 4 aromatic rings. The normalized spacial score (nSPS) is 11.0. The Morgan fingerprint density at radius 1 is 1.19 bits per heavy atom. The number of amides is 1. The Bertz CT molecular complexity index is 1060. The minimum absolute atomic E-state index is 0.150. The fourth-order valence-corrected chi connectivity index (χ4v) is 3.88. The van der Waals surface area contributed by atoms with E-state index in [2.05, 4.69) is 20.6 Å². The SMILES string of the molecule is O=C(CSc1nnc2ccc(-c3cccs3)nn12)Nc1cccc(Cl)c1. The first-order valence-corrected chi connectivity index (χ1v) is 9.88. The number of nitrogens with zero attached hydrogens (tertiary/aromatic N) is 4. The second-order valence-corrected chi connectivity index (χ2v) is 7.62. The van der Waals surface area contributed by atoms with Crippen LogP contribution in [0.2, 0.25) is 5.02 Å². The van der Waals surface area contributed by atoms with Crippen molar-refractivity contribution < 1.29 is 4.79 Å². The lowest BCUT2D eigenvalue weighted by Gasteiger charge is -2.05. The predicted molar refractivity (Wildman–Crippen MR) is 105 cm³/mol. The molecule has 1 amide bonds. The van der Waals surface area contributed by atoms with Gasteiger partial charge in [0.05, 0.1) is 10.6 Å². The molecule has 0 aliphatic carbocycles. The highest BCUT2D eigenvalue weighted by Gasteiger charge is 2.12. The Morgan fingerprint density at radius 2 is 2.12 bits per heavy atom. The third-order valence-electron chi connectivity index (χ3n) is 3.45. The van der Waals surface area contributed by atoms with Crippen LogP contribution in [0.1, 0.15) is 0 Å².